The van der Waals surface area contributed by atoms with Gasteiger partial charge >= 0.3 is 6.03 Å². The Morgan fingerprint density at radius 1 is 1.00 bits per heavy atom. The number of para-hydroxylation sites is 2. The first-order chi connectivity index (χ1) is 13.4. The van der Waals surface area contributed by atoms with Crippen molar-refractivity contribution in [2.75, 3.05) is 35.0 Å². The summed E-state index contributed by atoms with van der Waals surface area (Å²) in [6.07, 6.45) is 0. The normalized spacial score (nSPS) is 23.0. The van der Waals surface area contributed by atoms with Gasteiger partial charge in [-0.25, -0.2) is 13.2 Å². The number of rotatable bonds is 5. The van der Waals surface area contributed by atoms with E-state index < -0.39 is 21.9 Å². The minimum Gasteiger partial charge on any atom is -0.495 e. The summed E-state index contributed by atoms with van der Waals surface area (Å²) in [6, 6.07) is 13.2. The van der Waals surface area contributed by atoms with E-state index in [2.05, 4.69) is 0 Å². The fourth-order valence-electron chi connectivity index (χ4n) is 3.99. The molecule has 0 N–H and O–H groups in total. The number of hydrogen-bond donors (Lipinski definition) is 0. The molecule has 2 atom stereocenters. The minimum atomic E-state index is -3.25. The summed E-state index contributed by atoms with van der Waals surface area (Å²) < 4.78 is 35.6. The second-order valence-corrected chi connectivity index (χ2v) is 8.99. The number of carbonyl (C=O) groups is 1. The van der Waals surface area contributed by atoms with E-state index in [-0.39, 0.29) is 17.5 Å². The van der Waals surface area contributed by atoms with Crippen LogP contribution < -0.4 is 19.3 Å². The maximum atomic E-state index is 13.4. The van der Waals surface area contributed by atoms with Crippen LogP contribution in [-0.2, 0) is 9.84 Å². The summed E-state index contributed by atoms with van der Waals surface area (Å²) >= 11 is 0. The SMILES string of the molecule is CCOc1ccc(N2C(=O)N(c3ccccc3OC)[C@H]3CS(=O)(=O)C[C@@H]32)cc1. The Morgan fingerprint density at radius 2 is 1.64 bits per heavy atom. The molecule has 2 saturated heterocycles. The Balaban J connectivity index is 1.76. The number of methoxy groups -OCH3 is 1. The zero-order chi connectivity index (χ0) is 19.9. The predicted octanol–water partition coefficient (Wildman–Crippen LogP) is 2.71. The third-order valence-corrected chi connectivity index (χ3v) is 6.84. The molecule has 0 unspecified atom stereocenters. The first kappa shape index (κ1) is 18.6. The van der Waals surface area contributed by atoms with Crippen molar-refractivity contribution < 1.29 is 22.7 Å². The van der Waals surface area contributed by atoms with Crippen LogP contribution in [0.1, 0.15) is 6.92 Å². The lowest BCUT2D eigenvalue weighted by molar-refractivity contribution is 0.255. The lowest BCUT2D eigenvalue weighted by Gasteiger charge is -2.24. The van der Waals surface area contributed by atoms with Crippen LogP contribution in [0.2, 0.25) is 0 Å². The lowest BCUT2D eigenvalue weighted by atomic mass is 10.1. The largest absolute Gasteiger partial charge is 0.495 e. The van der Waals surface area contributed by atoms with Crippen molar-refractivity contribution >= 4 is 27.2 Å². The summed E-state index contributed by atoms with van der Waals surface area (Å²) in [6.45, 7) is 2.45. The van der Waals surface area contributed by atoms with Gasteiger partial charge in [-0.1, -0.05) is 12.1 Å². The quantitative estimate of drug-likeness (QED) is 0.719. The number of nitrogens with zero attached hydrogens (tertiary/aromatic N) is 2. The van der Waals surface area contributed by atoms with Crippen LogP contribution in [-0.4, -0.2) is 51.8 Å². The molecule has 2 aliphatic rings. The van der Waals surface area contributed by atoms with Gasteiger partial charge in [0.25, 0.3) is 0 Å². The number of fused-ring (bicyclic) bond motifs is 1. The van der Waals surface area contributed by atoms with Gasteiger partial charge in [-0.3, -0.25) is 9.80 Å². The monoisotopic (exact) mass is 402 g/mol. The van der Waals surface area contributed by atoms with Gasteiger partial charge in [-0.05, 0) is 43.3 Å². The number of ether oxygens (including phenoxy) is 2. The molecule has 2 fully saturated rings. The maximum Gasteiger partial charge on any atom is 0.329 e. The molecule has 2 heterocycles. The topological polar surface area (TPSA) is 76.2 Å². The highest BCUT2D eigenvalue weighted by atomic mass is 32.2. The Morgan fingerprint density at radius 3 is 2.29 bits per heavy atom. The third-order valence-electron chi connectivity index (χ3n) is 5.14. The van der Waals surface area contributed by atoms with Crippen LogP contribution in [0.4, 0.5) is 16.2 Å². The second-order valence-electron chi connectivity index (χ2n) is 6.83. The molecular formula is C20H22N2O5S. The highest BCUT2D eigenvalue weighted by molar-refractivity contribution is 7.91. The van der Waals surface area contributed by atoms with Crippen molar-refractivity contribution in [1.82, 2.24) is 0 Å². The molecule has 4 rings (SSSR count). The molecule has 148 valence electrons. The van der Waals surface area contributed by atoms with Crippen molar-refractivity contribution in [3.05, 3.63) is 48.5 Å². The fraction of sp³-hybridized carbons (Fsp3) is 0.350. The fourth-order valence-corrected chi connectivity index (χ4v) is 5.90. The number of benzene rings is 2. The Labute approximate surface area is 164 Å². The number of sulfone groups is 1. The number of anilines is 2. The van der Waals surface area contributed by atoms with Crippen molar-refractivity contribution in [3.8, 4) is 11.5 Å². The van der Waals surface area contributed by atoms with Crippen LogP contribution in [0.25, 0.3) is 0 Å². The summed E-state index contributed by atoms with van der Waals surface area (Å²) in [7, 11) is -1.71. The smallest absolute Gasteiger partial charge is 0.329 e. The van der Waals surface area contributed by atoms with E-state index in [0.29, 0.717) is 29.5 Å². The molecule has 0 saturated carbocycles. The standard InChI is InChI=1S/C20H22N2O5S/c1-3-27-15-10-8-14(9-11-15)21-17-12-28(24,25)13-18(17)22(20(21)23)16-6-4-5-7-19(16)26-2/h4-11,17-18H,3,12-13H2,1-2H3/t17-,18-/m0/s1. The van der Waals surface area contributed by atoms with Crippen molar-refractivity contribution in [1.29, 1.82) is 0 Å². The molecule has 2 aromatic rings. The third kappa shape index (κ3) is 3.07. The zero-order valence-electron chi connectivity index (χ0n) is 15.7. The molecule has 2 amide bonds. The maximum absolute atomic E-state index is 13.4. The summed E-state index contributed by atoms with van der Waals surface area (Å²) in [5.74, 6) is 1.12. The molecule has 0 radical (unpaired) electrons. The Hall–Kier alpha value is -2.74. The first-order valence-corrected chi connectivity index (χ1v) is 11.0. The van der Waals surface area contributed by atoms with E-state index in [9.17, 15) is 13.2 Å². The highest BCUT2D eigenvalue weighted by Crippen LogP contribution is 2.41. The molecule has 2 aliphatic heterocycles. The second kappa shape index (κ2) is 7.01. The molecular weight excluding hydrogens is 380 g/mol. The van der Waals surface area contributed by atoms with Crippen molar-refractivity contribution in [2.24, 2.45) is 0 Å². The number of urea groups is 1. The molecule has 0 spiro atoms. The van der Waals surface area contributed by atoms with Gasteiger partial charge < -0.3 is 9.47 Å². The van der Waals surface area contributed by atoms with Crippen LogP contribution >= 0.6 is 0 Å². The summed E-state index contributed by atoms with van der Waals surface area (Å²) in [5.41, 5.74) is 1.23. The Bertz CT molecular complexity index is 990. The van der Waals surface area contributed by atoms with Crippen LogP contribution in [0.5, 0.6) is 11.5 Å². The summed E-state index contributed by atoms with van der Waals surface area (Å²) in [4.78, 5) is 16.5. The molecule has 0 bridgehead atoms. The van der Waals surface area contributed by atoms with E-state index in [1.807, 2.05) is 19.1 Å². The van der Waals surface area contributed by atoms with Gasteiger partial charge in [0.2, 0.25) is 0 Å². The average molecular weight is 402 g/mol. The molecule has 0 aromatic heterocycles. The van der Waals surface area contributed by atoms with Gasteiger partial charge in [-0.2, -0.15) is 0 Å². The van der Waals surface area contributed by atoms with Gasteiger partial charge in [0.1, 0.15) is 11.5 Å². The molecule has 0 aliphatic carbocycles. The van der Waals surface area contributed by atoms with Crippen LogP contribution in [0.3, 0.4) is 0 Å². The van der Waals surface area contributed by atoms with E-state index in [0.717, 1.165) is 0 Å². The number of hydrogen-bond acceptors (Lipinski definition) is 5. The average Bonchev–Trinajstić information content (AvgIpc) is 3.11. The number of carbonyl (C=O) groups excluding carboxylic acids is 1. The molecule has 7 nitrogen and oxygen atoms in total. The van der Waals surface area contributed by atoms with E-state index in [1.54, 1.807) is 46.2 Å². The van der Waals surface area contributed by atoms with E-state index >= 15 is 0 Å². The first-order valence-electron chi connectivity index (χ1n) is 9.14. The van der Waals surface area contributed by atoms with Gasteiger partial charge in [0.15, 0.2) is 9.84 Å². The zero-order valence-corrected chi connectivity index (χ0v) is 16.6. The van der Waals surface area contributed by atoms with Gasteiger partial charge in [-0.15, -0.1) is 0 Å². The van der Waals surface area contributed by atoms with Crippen LogP contribution in [0, 0.1) is 0 Å². The predicted molar refractivity (Wildman–Crippen MR) is 107 cm³/mol. The van der Waals surface area contributed by atoms with Crippen LogP contribution in [0.15, 0.2) is 48.5 Å². The highest BCUT2D eigenvalue weighted by Gasteiger charge is 2.54. The van der Waals surface area contributed by atoms with E-state index in [1.165, 1.54) is 7.11 Å². The number of amides is 2. The molecule has 8 heteroatoms. The van der Waals surface area contributed by atoms with Crippen molar-refractivity contribution in [3.63, 3.8) is 0 Å². The Kier molecular flexibility index (Phi) is 4.66. The lowest BCUT2D eigenvalue weighted by Crippen LogP contribution is -2.38. The minimum absolute atomic E-state index is 0.0533. The van der Waals surface area contributed by atoms with Gasteiger partial charge in [0, 0.05) is 5.69 Å². The van der Waals surface area contributed by atoms with Crippen molar-refractivity contribution in [2.45, 2.75) is 19.0 Å². The molecule has 28 heavy (non-hydrogen) atoms. The van der Waals surface area contributed by atoms with Gasteiger partial charge in [0.05, 0.1) is 43.0 Å². The molecule has 2 aromatic carbocycles. The summed E-state index contributed by atoms with van der Waals surface area (Å²) in [5, 5.41) is 0. The van der Waals surface area contributed by atoms with E-state index in [4.69, 9.17) is 9.47 Å².